The van der Waals surface area contributed by atoms with Crippen LogP contribution in [0.25, 0.3) is 0 Å². The standard InChI is InChI=1S/C8H11F3/c1-6(2,3)7(4-5-7)8(9,10)11/h4-5H,1-3H3. The first-order chi connectivity index (χ1) is 4.71. The SMILES string of the molecule is CC(C)(C)C1(C(F)(F)F)C=C1. The summed E-state index contributed by atoms with van der Waals surface area (Å²) in [6.07, 6.45) is -1.66. The molecule has 0 saturated heterocycles. The first-order valence-corrected chi connectivity index (χ1v) is 3.48. The Labute approximate surface area is 64.1 Å². The topological polar surface area (TPSA) is 0 Å². The molecule has 0 saturated carbocycles. The molecule has 0 spiro atoms. The maximum absolute atomic E-state index is 12.3. The Balaban J connectivity index is 2.86. The van der Waals surface area contributed by atoms with E-state index in [4.69, 9.17) is 0 Å². The summed E-state index contributed by atoms with van der Waals surface area (Å²) in [6.45, 7) is 4.79. The second-order valence-corrected chi connectivity index (χ2v) is 3.95. The predicted octanol–water partition coefficient (Wildman–Crippen LogP) is 3.15. The van der Waals surface area contributed by atoms with Crippen molar-refractivity contribution < 1.29 is 13.2 Å². The molecule has 0 bridgehead atoms. The van der Waals surface area contributed by atoms with Crippen LogP contribution in [0.3, 0.4) is 0 Å². The van der Waals surface area contributed by atoms with E-state index in [2.05, 4.69) is 0 Å². The van der Waals surface area contributed by atoms with Crippen LogP contribution in [-0.4, -0.2) is 6.18 Å². The van der Waals surface area contributed by atoms with Crippen LogP contribution in [0.4, 0.5) is 13.2 Å². The van der Waals surface area contributed by atoms with Gasteiger partial charge in [0.1, 0.15) is 5.41 Å². The number of hydrogen-bond donors (Lipinski definition) is 0. The molecule has 11 heavy (non-hydrogen) atoms. The molecule has 64 valence electrons. The summed E-state index contributed by atoms with van der Waals surface area (Å²) >= 11 is 0. The number of alkyl halides is 3. The molecule has 1 aliphatic rings. The maximum atomic E-state index is 12.3. The summed E-state index contributed by atoms with van der Waals surface area (Å²) in [4.78, 5) is 0. The van der Waals surface area contributed by atoms with Crippen molar-refractivity contribution in [3.05, 3.63) is 12.2 Å². The van der Waals surface area contributed by atoms with Gasteiger partial charge in [-0.25, -0.2) is 0 Å². The van der Waals surface area contributed by atoms with Gasteiger partial charge in [-0.3, -0.25) is 0 Å². The fourth-order valence-electron chi connectivity index (χ4n) is 1.20. The van der Waals surface area contributed by atoms with Gasteiger partial charge >= 0.3 is 6.18 Å². The third-order valence-electron chi connectivity index (χ3n) is 2.21. The molecule has 1 rings (SSSR count). The Bertz CT molecular complexity index is 170. The van der Waals surface area contributed by atoms with Crippen molar-refractivity contribution in [2.24, 2.45) is 10.8 Å². The van der Waals surface area contributed by atoms with E-state index in [0.717, 1.165) is 0 Å². The van der Waals surface area contributed by atoms with Gasteiger partial charge in [0, 0.05) is 0 Å². The van der Waals surface area contributed by atoms with Gasteiger partial charge in [0.05, 0.1) is 0 Å². The van der Waals surface area contributed by atoms with Gasteiger partial charge < -0.3 is 0 Å². The van der Waals surface area contributed by atoms with Crippen molar-refractivity contribution in [3.8, 4) is 0 Å². The fourth-order valence-corrected chi connectivity index (χ4v) is 1.20. The molecule has 0 amide bonds. The molecule has 3 heteroatoms. The van der Waals surface area contributed by atoms with Crippen molar-refractivity contribution in [2.45, 2.75) is 26.9 Å². The van der Waals surface area contributed by atoms with Crippen LogP contribution in [0.2, 0.25) is 0 Å². The lowest BCUT2D eigenvalue weighted by atomic mass is 9.75. The second kappa shape index (κ2) is 1.82. The Kier molecular flexibility index (Phi) is 1.43. The molecule has 0 aromatic heterocycles. The molecule has 0 heterocycles. The lowest BCUT2D eigenvalue weighted by molar-refractivity contribution is -0.204. The van der Waals surface area contributed by atoms with E-state index >= 15 is 0 Å². The third kappa shape index (κ3) is 1.06. The van der Waals surface area contributed by atoms with Crippen molar-refractivity contribution in [2.75, 3.05) is 0 Å². The van der Waals surface area contributed by atoms with E-state index in [1.807, 2.05) is 0 Å². The van der Waals surface area contributed by atoms with Gasteiger partial charge in [-0.1, -0.05) is 32.9 Å². The fraction of sp³-hybridized carbons (Fsp3) is 0.750. The maximum Gasteiger partial charge on any atom is 0.401 e. The molecule has 0 aromatic rings. The highest BCUT2D eigenvalue weighted by molar-refractivity contribution is 5.33. The highest BCUT2D eigenvalue weighted by Crippen LogP contribution is 2.60. The van der Waals surface area contributed by atoms with E-state index in [1.54, 1.807) is 20.8 Å². The van der Waals surface area contributed by atoms with Crippen LogP contribution in [0.5, 0.6) is 0 Å². The minimum atomic E-state index is -4.12. The molecule has 0 aliphatic heterocycles. The van der Waals surface area contributed by atoms with Gasteiger partial charge in [0.2, 0.25) is 0 Å². The van der Waals surface area contributed by atoms with Crippen LogP contribution in [0.1, 0.15) is 20.8 Å². The zero-order valence-corrected chi connectivity index (χ0v) is 6.79. The highest BCUT2D eigenvalue weighted by Gasteiger charge is 2.63. The van der Waals surface area contributed by atoms with Crippen molar-refractivity contribution in [1.82, 2.24) is 0 Å². The monoisotopic (exact) mass is 164 g/mol. The average molecular weight is 164 g/mol. The van der Waals surface area contributed by atoms with Crippen molar-refractivity contribution in [3.63, 3.8) is 0 Å². The van der Waals surface area contributed by atoms with Gasteiger partial charge in [-0.05, 0) is 5.41 Å². The van der Waals surface area contributed by atoms with Crippen LogP contribution in [0.15, 0.2) is 12.2 Å². The summed E-state index contributed by atoms with van der Waals surface area (Å²) in [5.41, 5.74) is -2.37. The molecule has 0 fully saturated rings. The zero-order valence-electron chi connectivity index (χ0n) is 6.79. The zero-order chi connectivity index (χ0) is 8.91. The molecular formula is C8H11F3. The Morgan fingerprint density at radius 3 is 1.36 bits per heavy atom. The summed E-state index contributed by atoms with van der Waals surface area (Å²) in [5.74, 6) is 0. The van der Waals surface area contributed by atoms with Crippen molar-refractivity contribution >= 4 is 0 Å². The van der Waals surface area contributed by atoms with E-state index in [9.17, 15) is 13.2 Å². The van der Waals surface area contributed by atoms with Crippen LogP contribution in [0, 0.1) is 10.8 Å². The molecule has 0 atom stereocenters. The molecule has 0 aromatic carbocycles. The van der Waals surface area contributed by atoms with E-state index < -0.39 is 17.0 Å². The molecule has 0 N–H and O–H groups in total. The number of hydrogen-bond acceptors (Lipinski definition) is 0. The summed E-state index contributed by atoms with van der Waals surface area (Å²) in [6, 6.07) is 0. The molecule has 0 unspecified atom stereocenters. The van der Waals surface area contributed by atoms with Crippen LogP contribution in [-0.2, 0) is 0 Å². The molecule has 0 radical (unpaired) electrons. The average Bonchev–Trinajstić information content (AvgIpc) is 2.31. The Hall–Kier alpha value is -0.470. The van der Waals surface area contributed by atoms with Crippen LogP contribution >= 0.6 is 0 Å². The lowest BCUT2D eigenvalue weighted by Gasteiger charge is -2.33. The normalized spacial score (nSPS) is 22.0. The summed E-state index contributed by atoms with van der Waals surface area (Å²) in [5, 5.41) is 0. The lowest BCUT2D eigenvalue weighted by Crippen LogP contribution is -2.37. The van der Waals surface area contributed by atoms with Gasteiger partial charge in [-0.2, -0.15) is 13.2 Å². The molecule has 1 aliphatic carbocycles. The number of allylic oxidation sites excluding steroid dienone is 2. The third-order valence-corrected chi connectivity index (χ3v) is 2.21. The summed E-state index contributed by atoms with van der Waals surface area (Å²) < 4.78 is 37.0. The first kappa shape index (κ1) is 8.62. The van der Waals surface area contributed by atoms with Gasteiger partial charge in [0.15, 0.2) is 0 Å². The smallest absolute Gasteiger partial charge is 0.170 e. The number of halogens is 3. The minimum absolute atomic E-state index is 0.745. The Morgan fingerprint density at radius 2 is 1.36 bits per heavy atom. The van der Waals surface area contributed by atoms with Gasteiger partial charge in [-0.15, -0.1) is 0 Å². The number of rotatable bonds is 0. The Morgan fingerprint density at radius 1 is 1.00 bits per heavy atom. The largest absolute Gasteiger partial charge is 0.401 e. The van der Waals surface area contributed by atoms with E-state index in [-0.39, 0.29) is 0 Å². The first-order valence-electron chi connectivity index (χ1n) is 3.48. The summed E-state index contributed by atoms with van der Waals surface area (Å²) in [7, 11) is 0. The van der Waals surface area contributed by atoms with Crippen LogP contribution < -0.4 is 0 Å². The second-order valence-electron chi connectivity index (χ2n) is 3.95. The van der Waals surface area contributed by atoms with E-state index in [1.165, 1.54) is 12.2 Å². The van der Waals surface area contributed by atoms with Gasteiger partial charge in [0.25, 0.3) is 0 Å². The highest BCUT2D eigenvalue weighted by atomic mass is 19.4. The molecule has 0 nitrogen and oxygen atoms in total. The quantitative estimate of drug-likeness (QED) is 0.482. The predicted molar refractivity (Wildman–Crippen MR) is 37.1 cm³/mol. The molecular weight excluding hydrogens is 153 g/mol. The van der Waals surface area contributed by atoms with Crippen molar-refractivity contribution in [1.29, 1.82) is 0 Å². The van der Waals surface area contributed by atoms with E-state index in [0.29, 0.717) is 0 Å². The minimum Gasteiger partial charge on any atom is -0.170 e.